The fourth-order valence-electron chi connectivity index (χ4n) is 6.00. The molecular formula is C30H27F2N9O2. The van der Waals surface area contributed by atoms with Crippen LogP contribution in [0, 0.1) is 24.5 Å². The lowest BCUT2D eigenvalue weighted by molar-refractivity contribution is -0.126. The van der Waals surface area contributed by atoms with Crippen LogP contribution in [0.25, 0.3) is 22.1 Å². The number of ether oxygens (including phenoxy) is 1. The number of carbonyl (C=O) groups is 1. The summed E-state index contributed by atoms with van der Waals surface area (Å²) >= 11 is 0. The minimum absolute atomic E-state index is 0.0633. The Balaban J connectivity index is 1.15. The van der Waals surface area contributed by atoms with Crippen molar-refractivity contribution < 1.29 is 18.3 Å². The molecule has 1 N–H and O–H groups in total. The number of amides is 1. The van der Waals surface area contributed by atoms with E-state index in [4.69, 9.17) is 9.72 Å². The molecule has 0 aliphatic carbocycles. The second-order valence-electron chi connectivity index (χ2n) is 10.9. The Morgan fingerprint density at radius 1 is 1.12 bits per heavy atom. The number of benzene rings is 2. The average Bonchev–Trinajstić information content (AvgIpc) is 3.54. The summed E-state index contributed by atoms with van der Waals surface area (Å²) in [6, 6.07) is 6.05. The topological polar surface area (TPSA) is 114 Å². The van der Waals surface area contributed by atoms with Gasteiger partial charge in [0.2, 0.25) is 11.9 Å². The van der Waals surface area contributed by atoms with Crippen LogP contribution in [-0.2, 0) is 11.8 Å². The third-order valence-electron chi connectivity index (χ3n) is 8.07. The van der Waals surface area contributed by atoms with Gasteiger partial charge in [-0.25, -0.2) is 33.7 Å². The zero-order chi connectivity index (χ0) is 29.8. The first-order valence-corrected chi connectivity index (χ1v) is 13.8. The maximum Gasteiger partial charge on any atom is 0.246 e. The van der Waals surface area contributed by atoms with Crippen LogP contribution in [0.4, 0.5) is 26.2 Å². The number of nitrogens with zero attached hydrogens (tertiary/aromatic N) is 8. The fraction of sp³-hybridized carbons (Fsp3) is 0.267. The number of hydrogen-bond acceptors (Lipinski definition) is 9. The lowest BCUT2D eigenvalue weighted by Crippen LogP contribution is -2.44. The Labute approximate surface area is 244 Å². The van der Waals surface area contributed by atoms with E-state index in [1.54, 1.807) is 36.9 Å². The van der Waals surface area contributed by atoms with Gasteiger partial charge in [-0.2, -0.15) is 0 Å². The van der Waals surface area contributed by atoms with Crippen LogP contribution >= 0.6 is 0 Å². The standard InChI is InChI=1S/C30H27F2N9O2/c1-4-25(42)41-12-17-7-18(41)13-40(11-17)30-33-10-23-27(38-30)29(35-14-34-23)37-21-5-6-24(16(2)26(21)32)43-19-8-20(31)28-22(9-19)36-15-39(28)3/h4-6,8-10,14-15,17-18H,1,7,11-13H2,2-3H3,(H,34,35,37)/t17-,18+/m0/s1. The van der Waals surface area contributed by atoms with Crippen molar-refractivity contribution in [3.8, 4) is 11.5 Å². The van der Waals surface area contributed by atoms with E-state index in [0.717, 1.165) is 6.42 Å². The Kier molecular flexibility index (Phi) is 6.37. The molecule has 11 nitrogen and oxygen atoms in total. The van der Waals surface area contributed by atoms with Gasteiger partial charge in [0, 0.05) is 50.4 Å². The van der Waals surface area contributed by atoms with E-state index in [1.807, 2.05) is 4.90 Å². The number of anilines is 3. The summed E-state index contributed by atoms with van der Waals surface area (Å²) in [6.07, 6.45) is 6.78. The van der Waals surface area contributed by atoms with Crippen molar-refractivity contribution in [2.45, 2.75) is 19.4 Å². The molecule has 2 atom stereocenters. The van der Waals surface area contributed by atoms with Crippen LogP contribution in [0.5, 0.6) is 11.5 Å². The summed E-state index contributed by atoms with van der Waals surface area (Å²) in [4.78, 5) is 38.3. The summed E-state index contributed by atoms with van der Waals surface area (Å²) < 4.78 is 37.7. The van der Waals surface area contributed by atoms with Crippen molar-refractivity contribution in [3.63, 3.8) is 0 Å². The number of fused-ring (bicyclic) bond motifs is 4. The summed E-state index contributed by atoms with van der Waals surface area (Å²) in [7, 11) is 1.70. The lowest BCUT2D eigenvalue weighted by atomic mass is 10.0. The molecular weight excluding hydrogens is 556 g/mol. The molecule has 3 aromatic heterocycles. The van der Waals surface area contributed by atoms with Crippen molar-refractivity contribution in [2.75, 3.05) is 29.9 Å². The van der Waals surface area contributed by atoms with Gasteiger partial charge in [-0.3, -0.25) is 4.79 Å². The Bertz CT molecular complexity index is 1930. The van der Waals surface area contributed by atoms with E-state index in [2.05, 4.69) is 36.7 Å². The number of hydrogen-bond donors (Lipinski definition) is 1. The van der Waals surface area contributed by atoms with Gasteiger partial charge in [0.25, 0.3) is 0 Å². The minimum atomic E-state index is -0.558. The van der Waals surface area contributed by atoms with Crippen molar-refractivity contribution in [1.82, 2.24) is 34.4 Å². The molecule has 2 aliphatic heterocycles. The number of aryl methyl sites for hydroxylation is 1. The highest BCUT2D eigenvalue weighted by Gasteiger charge is 2.41. The third kappa shape index (κ3) is 4.66. The van der Waals surface area contributed by atoms with Gasteiger partial charge in [0.15, 0.2) is 17.5 Å². The number of halogens is 2. The Hall–Kier alpha value is -5.20. The molecule has 0 radical (unpaired) electrons. The number of piperidine rings is 1. The Morgan fingerprint density at radius 3 is 2.81 bits per heavy atom. The summed E-state index contributed by atoms with van der Waals surface area (Å²) in [5, 5.41) is 3.05. The van der Waals surface area contributed by atoms with Gasteiger partial charge < -0.3 is 24.4 Å². The molecule has 2 aromatic carbocycles. The molecule has 7 rings (SSSR count). The van der Waals surface area contributed by atoms with Gasteiger partial charge in [-0.05, 0) is 37.5 Å². The first-order chi connectivity index (χ1) is 20.8. The van der Waals surface area contributed by atoms with Crippen molar-refractivity contribution >= 4 is 45.4 Å². The van der Waals surface area contributed by atoms with E-state index in [0.29, 0.717) is 59.4 Å². The molecule has 0 spiro atoms. The van der Waals surface area contributed by atoms with E-state index in [1.165, 1.54) is 30.9 Å². The lowest BCUT2D eigenvalue weighted by Gasteiger charge is -2.32. The largest absolute Gasteiger partial charge is 0.457 e. The van der Waals surface area contributed by atoms with Gasteiger partial charge in [0.05, 0.1) is 23.7 Å². The van der Waals surface area contributed by atoms with Crippen LogP contribution in [0.3, 0.4) is 0 Å². The predicted octanol–water partition coefficient (Wildman–Crippen LogP) is 4.65. The maximum atomic E-state index is 15.6. The number of carbonyl (C=O) groups excluding carboxylic acids is 1. The molecule has 2 saturated heterocycles. The maximum absolute atomic E-state index is 15.6. The van der Waals surface area contributed by atoms with Crippen molar-refractivity contribution in [1.29, 1.82) is 0 Å². The number of likely N-dealkylation sites (tertiary alicyclic amines) is 1. The van der Waals surface area contributed by atoms with Gasteiger partial charge in [0.1, 0.15) is 34.4 Å². The molecule has 5 heterocycles. The molecule has 218 valence electrons. The predicted molar refractivity (Wildman–Crippen MR) is 156 cm³/mol. The van der Waals surface area contributed by atoms with Crippen LogP contribution in [-0.4, -0.2) is 66.0 Å². The first kappa shape index (κ1) is 26.7. The molecule has 13 heteroatoms. The van der Waals surface area contributed by atoms with Crippen molar-refractivity contribution in [3.05, 3.63) is 73.0 Å². The third-order valence-corrected chi connectivity index (χ3v) is 8.07. The zero-order valence-electron chi connectivity index (χ0n) is 23.5. The monoisotopic (exact) mass is 583 g/mol. The summed E-state index contributed by atoms with van der Waals surface area (Å²) in [6.45, 7) is 7.20. The molecule has 43 heavy (non-hydrogen) atoms. The highest BCUT2D eigenvalue weighted by molar-refractivity contribution is 5.88. The molecule has 2 fully saturated rings. The molecule has 2 bridgehead atoms. The summed E-state index contributed by atoms with van der Waals surface area (Å²) in [5.74, 6) is 0.450. The van der Waals surface area contributed by atoms with E-state index >= 15 is 4.39 Å². The normalized spacial score (nSPS) is 18.0. The van der Waals surface area contributed by atoms with Crippen molar-refractivity contribution in [2.24, 2.45) is 13.0 Å². The number of imidazole rings is 1. The van der Waals surface area contributed by atoms with Gasteiger partial charge >= 0.3 is 0 Å². The molecule has 2 aliphatic rings. The highest BCUT2D eigenvalue weighted by Crippen LogP contribution is 2.35. The average molecular weight is 584 g/mol. The molecule has 0 saturated carbocycles. The zero-order valence-corrected chi connectivity index (χ0v) is 23.5. The first-order valence-electron chi connectivity index (χ1n) is 13.8. The minimum Gasteiger partial charge on any atom is -0.457 e. The van der Waals surface area contributed by atoms with Crippen LogP contribution in [0.2, 0.25) is 0 Å². The molecule has 0 unspecified atom stereocenters. The second kappa shape index (κ2) is 10.3. The smallest absolute Gasteiger partial charge is 0.246 e. The number of aromatic nitrogens is 6. The Morgan fingerprint density at radius 2 is 1.98 bits per heavy atom. The van der Waals surface area contributed by atoms with Gasteiger partial charge in [-0.1, -0.05) is 6.58 Å². The van der Waals surface area contributed by atoms with E-state index < -0.39 is 11.6 Å². The SMILES string of the molecule is C=CC(=O)N1C[C@H]2C[C@@H]1CN(c1ncc3ncnc(Nc4ccc(Oc5cc(F)c6c(c5)ncn6C)c(C)c4F)c3n1)C2. The number of rotatable bonds is 6. The quantitative estimate of drug-likeness (QED) is 0.285. The fourth-order valence-corrected chi connectivity index (χ4v) is 6.00. The number of nitrogens with one attached hydrogen (secondary N) is 1. The van der Waals surface area contributed by atoms with Crippen LogP contribution in [0.1, 0.15) is 12.0 Å². The van der Waals surface area contributed by atoms with Gasteiger partial charge in [-0.15, -0.1) is 0 Å². The summed E-state index contributed by atoms with van der Waals surface area (Å²) in [5.41, 5.74) is 2.10. The van der Waals surface area contributed by atoms with Crippen LogP contribution in [0.15, 0.2) is 55.8 Å². The molecule has 1 amide bonds. The highest BCUT2D eigenvalue weighted by atomic mass is 19.1. The van der Waals surface area contributed by atoms with Crippen LogP contribution < -0.4 is 15.0 Å². The second-order valence-corrected chi connectivity index (χ2v) is 10.9. The molecule has 5 aromatic rings. The van der Waals surface area contributed by atoms with E-state index in [-0.39, 0.29) is 34.7 Å². The van der Waals surface area contributed by atoms with E-state index in [9.17, 15) is 9.18 Å².